The van der Waals surface area contributed by atoms with E-state index in [1.807, 2.05) is 0 Å². The molecule has 2 aromatic carbocycles. The van der Waals surface area contributed by atoms with E-state index in [1.54, 1.807) is 32.0 Å². The van der Waals surface area contributed by atoms with Crippen LogP contribution in [0.5, 0.6) is 0 Å². The normalized spacial score (nSPS) is 16.9. The summed E-state index contributed by atoms with van der Waals surface area (Å²) in [6, 6.07) is 9.11. The summed E-state index contributed by atoms with van der Waals surface area (Å²) in [5, 5.41) is 0. The molecule has 1 fully saturated rings. The highest BCUT2D eigenvalue weighted by molar-refractivity contribution is 7.92. The molecule has 0 unspecified atom stereocenters. The van der Waals surface area contributed by atoms with Gasteiger partial charge in [0.25, 0.3) is 0 Å². The number of sulfonamides is 2. The molecule has 0 radical (unpaired) electrons. The summed E-state index contributed by atoms with van der Waals surface area (Å²) in [7, 11) is -7.28. The standard InChI is InChI=1S/C19H23FN2O4S2/c1-14-11-17(22-9-5-6-10-27(22,23)24)12-15(2)19(14)28(25,26)21-13-16-7-3-4-8-18(16)20/h3-4,7-8,11-12,21H,5-6,9-10,13H2,1-2H3. The molecular weight excluding hydrogens is 403 g/mol. The molecule has 0 aliphatic carbocycles. The van der Waals surface area contributed by atoms with Gasteiger partial charge in [0.1, 0.15) is 5.82 Å². The minimum Gasteiger partial charge on any atom is -0.270 e. The van der Waals surface area contributed by atoms with Crippen molar-refractivity contribution in [3.05, 3.63) is 58.9 Å². The molecule has 1 heterocycles. The van der Waals surface area contributed by atoms with Gasteiger partial charge in [0, 0.05) is 18.7 Å². The second-order valence-corrected chi connectivity index (χ2v) is 10.6. The second-order valence-electron chi connectivity index (χ2n) is 6.92. The molecule has 1 saturated heterocycles. The lowest BCUT2D eigenvalue weighted by Gasteiger charge is -2.29. The van der Waals surface area contributed by atoms with Crippen LogP contribution in [-0.2, 0) is 26.6 Å². The van der Waals surface area contributed by atoms with E-state index in [4.69, 9.17) is 0 Å². The summed E-state index contributed by atoms with van der Waals surface area (Å²) in [5.74, 6) is -0.390. The number of nitrogens with zero attached hydrogens (tertiary/aromatic N) is 1. The molecule has 0 atom stereocenters. The van der Waals surface area contributed by atoms with Gasteiger partial charge in [0.05, 0.1) is 16.3 Å². The molecule has 6 nitrogen and oxygen atoms in total. The van der Waals surface area contributed by atoms with Gasteiger partial charge < -0.3 is 0 Å². The lowest BCUT2D eigenvalue weighted by molar-refractivity contribution is 0.573. The molecule has 9 heteroatoms. The number of hydrogen-bond acceptors (Lipinski definition) is 4. The molecule has 152 valence electrons. The quantitative estimate of drug-likeness (QED) is 0.797. The number of anilines is 1. The van der Waals surface area contributed by atoms with Crippen molar-refractivity contribution in [2.45, 2.75) is 38.1 Å². The molecule has 0 spiro atoms. The number of hydrogen-bond donors (Lipinski definition) is 1. The fraction of sp³-hybridized carbons (Fsp3) is 0.368. The highest BCUT2D eigenvalue weighted by Crippen LogP contribution is 2.30. The van der Waals surface area contributed by atoms with Crippen LogP contribution in [0.2, 0.25) is 0 Å². The predicted octanol–water partition coefficient (Wildman–Crippen LogP) is 2.85. The van der Waals surface area contributed by atoms with Gasteiger partial charge in [-0.3, -0.25) is 4.31 Å². The maximum Gasteiger partial charge on any atom is 0.241 e. The third kappa shape index (κ3) is 4.21. The molecule has 28 heavy (non-hydrogen) atoms. The molecule has 1 N–H and O–H groups in total. The van der Waals surface area contributed by atoms with Crippen LogP contribution in [0.3, 0.4) is 0 Å². The minimum atomic E-state index is -3.90. The van der Waals surface area contributed by atoms with Gasteiger partial charge in [-0.1, -0.05) is 18.2 Å². The van der Waals surface area contributed by atoms with Gasteiger partial charge >= 0.3 is 0 Å². The first-order chi connectivity index (χ1) is 13.1. The van der Waals surface area contributed by atoms with Gasteiger partial charge in [-0.05, 0) is 56.0 Å². The zero-order chi connectivity index (χ0) is 20.5. The topological polar surface area (TPSA) is 83.6 Å². The van der Waals surface area contributed by atoms with E-state index in [1.165, 1.54) is 22.5 Å². The van der Waals surface area contributed by atoms with Crippen LogP contribution in [0.1, 0.15) is 29.5 Å². The minimum absolute atomic E-state index is 0.0852. The molecular formula is C19H23FN2O4S2. The van der Waals surface area contributed by atoms with Crippen LogP contribution in [0.25, 0.3) is 0 Å². The summed E-state index contributed by atoms with van der Waals surface area (Å²) >= 11 is 0. The lowest BCUT2D eigenvalue weighted by atomic mass is 10.1. The predicted molar refractivity (Wildman–Crippen MR) is 107 cm³/mol. The van der Waals surface area contributed by atoms with E-state index in [-0.39, 0.29) is 22.8 Å². The molecule has 1 aliphatic rings. The van der Waals surface area contributed by atoms with E-state index in [9.17, 15) is 21.2 Å². The van der Waals surface area contributed by atoms with Crippen LogP contribution in [0.15, 0.2) is 41.3 Å². The van der Waals surface area contributed by atoms with E-state index in [0.29, 0.717) is 29.8 Å². The maximum atomic E-state index is 13.8. The third-order valence-electron chi connectivity index (χ3n) is 4.76. The van der Waals surface area contributed by atoms with Crippen molar-refractivity contribution in [2.24, 2.45) is 0 Å². The Morgan fingerprint density at radius 2 is 1.75 bits per heavy atom. The SMILES string of the molecule is Cc1cc(N2CCCCS2(=O)=O)cc(C)c1S(=O)(=O)NCc1ccccc1F. The first-order valence-electron chi connectivity index (χ1n) is 8.96. The number of nitrogens with one attached hydrogen (secondary N) is 1. The molecule has 0 bridgehead atoms. The Balaban J connectivity index is 1.91. The van der Waals surface area contributed by atoms with Gasteiger partial charge in [-0.15, -0.1) is 0 Å². The average molecular weight is 427 g/mol. The summed E-state index contributed by atoms with van der Waals surface area (Å²) in [6.07, 6.45) is 1.39. The Labute approximate surface area is 165 Å². The highest BCUT2D eigenvalue weighted by Gasteiger charge is 2.28. The number of rotatable bonds is 5. The highest BCUT2D eigenvalue weighted by atomic mass is 32.2. The first-order valence-corrected chi connectivity index (χ1v) is 12.1. The van der Waals surface area contributed by atoms with Crippen LogP contribution in [-0.4, -0.2) is 29.1 Å². The smallest absolute Gasteiger partial charge is 0.241 e. The van der Waals surface area contributed by atoms with Crippen molar-refractivity contribution in [1.82, 2.24) is 4.72 Å². The number of aryl methyl sites for hydroxylation is 2. The van der Waals surface area contributed by atoms with E-state index in [2.05, 4.69) is 4.72 Å². The van der Waals surface area contributed by atoms with Crippen LogP contribution in [0.4, 0.5) is 10.1 Å². The van der Waals surface area contributed by atoms with Crippen molar-refractivity contribution >= 4 is 25.7 Å². The number of benzene rings is 2. The third-order valence-corrected chi connectivity index (χ3v) is 8.34. The first kappa shape index (κ1) is 20.8. The van der Waals surface area contributed by atoms with Crippen LogP contribution < -0.4 is 9.03 Å². The van der Waals surface area contributed by atoms with Gasteiger partial charge in [-0.2, -0.15) is 0 Å². The van der Waals surface area contributed by atoms with E-state index < -0.39 is 25.9 Å². The van der Waals surface area contributed by atoms with Crippen molar-refractivity contribution in [3.63, 3.8) is 0 Å². The summed E-state index contributed by atoms with van der Waals surface area (Å²) in [6.45, 7) is 3.48. The largest absolute Gasteiger partial charge is 0.270 e. The monoisotopic (exact) mass is 426 g/mol. The summed E-state index contributed by atoms with van der Waals surface area (Å²) < 4.78 is 67.8. The Kier molecular flexibility index (Phi) is 5.79. The molecule has 2 aromatic rings. The van der Waals surface area contributed by atoms with Crippen molar-refractivity contribution < 1.29 is 21.2 Å². The molecule has 3 rings (SSSR count). The fourth-order valence-corrected chi connectivity index (χ4v) is 6.54. The van der Waals surface area contributed by atoms with Crippen molar-refractivity contribution in [3.8, 4) is 0 Å². The van der Waals surface area contributed by atoms with Crippen LogP contribution in [0, 0.1) is 19.7 Å². The maximum absolute atomic E-state index is 13.8. The molecule has 0 saturated carbocycles. The Morgan fingerprint density at radius 1 is 1.11 bits per heavy atom. The Bertz CT molecular complexity index is 1080. The van der Waals surface area contributed by atoms with Gasteiger partial charge in [0.15, 0.2) is 0 Å². The van der Waals surface area contributed by atoms with Gasteiger partial charge in [-0.25, -0.2) is 25.9 Å². The van der Waals surface area contributed by atoms with Crippen molar-refractivity contribution in [1.29, 1.82) is 0 Å². The molecule has 0 aromatic heterocycles. The fourth-order valence-electron chi connectivity index (χ4n) is 3.46. The molecule has 0 amide bonds. The summed E-state index contributed by atoms with van der Waals surface area (Å²) in [5.41, 5.74) is 1.61. The lowest BCUT2D eigenvalue weighted by Crippen LogP contribution is -2.38. The van der Waals surface area contributed by atoms with E-state index in [0.717, 1.165) is 6.42 Å². The number of halogens is 1. The zero-order valence-electron chi connectivity index (χ0n) is 15.8. The zero-order valence-corrected chi connectivity index (χ0v) is 17.4. The average Bonchev–Trinajstić information content (AvgIpc) is 2.59. The Hall–Kier alpha value is -1.97. The Morgan fingerprint density at radius 3 is 2.36 bits per heavy atom. The second kappa shape index (κ2) is 7.81. The summed E-state index contributed by atoms with van der Waals surface area (Å²) in [4.78, 5) is 0.0852. The molecule has 1 aliphatic heterocycles. The van der Waals surface area contributed by atoms with Crippen molar-refractivity contribution in [2.75, 3.05) is 16.6 Å². The van der Waals surface area contributed by atoms with Gasteiger partial charge in [0.2, 0.25) is 20.0 Å². The van der Waals surface area contributed by atoms with E-state index >= 15 is 0 Å². The van der Waals surface area contributed by atoms with Crippen LogP contribution >= 0.6 is 0 Å².